The molecule has 0 aromatic rings. The molecule has 2 fully saturated rings. The van der Waals surface area contributed by atoms with Gasteiger partial charge in [-0.15, -0.1) is 0 Å². The molecule has 0 aromatic carbocycles. The predicted octanol–water partition coefficient (Wildman–Crippen LogP) is 1.73. The van der Waals surface area contributed by atoms with Crippen LogP contribution in [0.15, 0.2) is 0 Å². The van der Waals surface area contributed by atoms with Gasteiger partial charge in [0, 0.05) is 31.1 Å². The molecule has 1 aliphatic heterocycles. The highest BCUT2D eigenvalue weighted by molar-refractivity contribution is 5.80. The quantitative estimate of drug-likeness (QED) is 0.827. The SMILES string of the molecule is CC(C)(C)NC(=O)N1CCC(CNC(=O)C2CC2)CC1. The van der Waals surface area contributed by atoms with Crippen molar-refractivity contribution in [3.63, 3.8) is 0 Å². The van der Waals surface area contributed by atoms with Crippen LogP contribution in [0.25, 0.3) is 0 Å². The van der Waals surface area contributed by atoms with E-state index in [1.807, 2.05) is 25.7 Å². The molecule has 0 unspecified atom stereocenters. The molecule has 1 heterocycles. The fraction of sp³-hybridized carbons (Fsp3) is 0.867. The van der Waals surface area contributed by atoms with Gasteiger partial charge in [0.05, 0.1) is 0 Å². The summed E-state index contributed by atoms with van der Waals surface area (Å²) in [7, 11) is 0. The number of amides is 3. The molecule has 0 spiro atoms. The van der Waals surface area contributed by atoms with Gasteiger partial charge in [-0.05, 0) is 52.4 Å². The molecule has 1 saturated carbocycles. The number of rotatable bonds is 3. The van der Waals surface area contributed by atoms with Crippen LogP contribution in [0.5, 0.6) is 0 Å². The van der Waals surface area contributed by atoms with E-state index < -0.39 is 0 Å². The van der Waals surface area contributed by atoms with Crippen LogP contribution in [0.2, 0.25) is 0 Å². The minimum Gasteiger partial charge on any atom is -0.356 e. The zero-order valence-electron chi connectivity index (χ0n) is 12.9. The Hall–Kier alpha value is -1.26. The first kappa shape index (κ1) is 15.1. The van der Waals surface area contributed by atoms with E-state index in [0.29, 0.717) is 5.92 Å². The van der Waals surface area contributed by atoms with Crippen LogP contribution in [-0.4, -0.2) is 42.0 Å². The molecule has 2 aliphatic rings. The van der Waals surface area contributed by atoms with Crippen molar-refractivity contribution in [2.75, 3.05) is 19.6 Å². The van der Waals surface area contributed by atoms with Gasteiger partial charge in [0.2, 0.25) is 5.91 Å². The molecular formula is C15H27N3O2. The van der Waals surface area contributed by atoms with Gasteiger partial charge in [-0.25, -0.2) is 4.79 Å². The lowest BCUT2D eigenvalue weighted by Crippen LogP contribution is -2.51. The summed E-state index contributed by atoms with van der Waals surface area (Å²) in [6.45, 7) is 8.31. The molecule has 114 valence electrons. The largest absolute Gasteiger partial charge is 0.356 e. The van der Waals surface area contributed by atoms with Gasteiger partial charge in [-0.3, -0.25) is 4.79 Å². The van der Waals surface area contributed by atoms with E-state index in [1.54, 1.807) is 0 Å². The second-order valence-electron chi connectivity index (χ2n) is 7.13. The summed E-state index contributed by atoms with van der Waals surface area (Å²) in [5.74, 6) is 1.02. The molecule has 3 amide bonds. The maximum Gasteiger partial charge on any atom is 0.317 e. The molecule has 2 rings (SSSR count). The molecule has 5 nitrogen and oxygen atoms in total. The fourth-order valence-corrected chi connectivity index (χ4v) is 2.47. The molecule has 1 saturated heterocycles. The molecular weight excluding hydrogens is 254 g/mol. The maximum absolute atomic E-state index is 12.0. The van der Waals surface area contributed by atoms with E-state index in [2.05, 4.69) is 10.6 Å². The second-order valence-corrected chi connectivity index (χ2v) is 7.13. The predicted molar refractivity (Wildman–Crippen MR) is 78.3 cm³/mol. The van der Waals surface area contributed by atoms with E-state index in [4.69, 9.17) is 0 Å². The van der Waals surface area contributed by atoms with Gasteiger partial charge >= 0.3 is 6.03 Å². The Morgan fingerprint density at radius 3 is 2.20 bits per heavy atom. The highest BCUT2D eigenvalue weighted by Gasteiger charge is 2.30. The van der Waals surface area contributed by atoms with E-state index in [1.165, 1.54) is 0 Å². The standard InChI is InChI=1S/C15H27N3O2/c1-15(2,3)17-14(20)18-8-6-11(7-9-18)10-16-13(19)12-4-5-12/h11-12H,4-10H2,1-3H3,(H,16,19)(H,17,20). The zero-order valence-corrected chi connectivity index (χ0v) is 12.9. The Bertz CT molecular complexity index is 364. The number of likely N-dealkylation sites (tertiary alicyclic amines) is 1. The molecule has 20 heavy (non-hydrogen) atoms. The van der Waals surface area contributed by atoms with E-state index in [-0.39, 0.29) is 23.4 Å². The van der Waals surface area contributed by atoms with Crippen molar-refractivity contribution in [1.29, 1.82) is 0 Å². The summed E-state index contributed by atoms with van der Waals surface area (Å²) in [6.07, 6.45) is 4.06. The average Bonchev–Trinajstić information content (AvgIpc) is 3.18. The minimum atomic E-state index is -0.188. The van der Waals surface area contributed by atoms with Crippen molar-refractivity contribution in [3.8, 4) is 0 Å². The van der Waals surface area contributed by atoms with Crippen LogP contribution in [0.1, 0.15) is 46.5 Å². The van der Waals surface area contributed by atoms with Crippen molar-refractivity contribution < 1.29 is 9.59 Å². The summed E-state index contributed by atoms with van der Waals surface area (Å²) in [5.41, 5.74) is -0.188. The fourth-order valence-electron chi connectivity index (χ4n) is 2.47. The first-order chi connectivity index (χ1) is 9.35. The normalized spacial score (nSPS) is 20.6. The number of carbonyl (C=O) groups is 2. The molecule has 1 aliphatic carbocycles. The third-order valence-corrected chi connectivity index (χ3v) is 3.90. The van der Waals surface area contributed by atoms with Gasteiger partial charge in [0.25, 0.3) is 0 Å². The van der Waals surface area contributed by atoms with Crippen molar-refractivity contribution in [1.82, 2.24) is 15.5 Å². The first-order valence-corrected chi connectivity index (χ1v) is 7.70. The van der Waals surface area contributed by atoms with Crippen molar-refractivity contribution in [2.45, 2.75) is 52.0 Å². The van der Waals surface area contributed by atoms with Gasteiger partial charge < -0.3 is 15.5 Å². The number of hydrogen-bond donors (Lipinski definition) is 2. The van der Waals surface area contributed by atoms with Crippen molar-refractivity contribution >= 4 is 11.9 Å². The monoisotopic (exact) mass is 281 g/mol. The molecule has 0 aromatic heterocycles. The Morgan fingerprint density at radius 1 is 1.10 bits per heavy atom. The lowest BCUT2D eigenvalue weighted by atomic mass is 9.97. The summed E-state index contributed by atoms with van der Waals surface area (Å²) in [6, 6.07) is 0.0259. The van der Waals surface area contributed by atoms with Crippen LogP contribution in [-0.2, 0) is 4.79 Å². The number of piperidine rings is 1. The summed E-state index contributed by atoms with van der Waals surface area (Å²) < 4.78 is 0. The number of urea groups is 1. The Labute approximate surface area is 121 Å². The van der Waals surface area contributed by atoms with Crippen molar-refractivity contribution in [2.24, 2.45) is 11.8 Å². The van der Waals surface area contributed by atoms with Crippen LogP contribution in [0, 0.1) is 11.8 Å². The van der Waals surface area contributed by atoms with E-state index in [0.717, 1.165) is 45.3 Å². The zero-order chi connectivity index (χ0) is 14.8. The molecule has 2 N–H and O–H groups in total. The Balaban J connectivity index is 1.66. The topological polar surface area (TPSA) is 61.4 Å². The highest BCUT2D eigenvalue weighted by Crippen LogP contribution is 2.29. The average molecular weight is 281 g/mol. The number of nitrogens with one attached hydrogen (secondary N) is 2. The highest BCUT2D eigenvalue weighted by atomic mass is 16.2. The Morgan fingerprint density at radius 2 is 1.70 bits per heavy atom. The van der Waals surface area contributed by atoms with E-state index in [9.17, 15) is 9.59 Å². The lowest BCUT2D eigenvalue weighted by Gasteiger charge is -2.34. The minimum absolute atomic E-state index is 0.0259. The van der Waals surface area contributed by atoms with Crippen LogP contribution in [0.4, 0.5) is 4.79 Å². The maximum atomic E-state index is 12.0. The molecule has 0 bridgehead atoms. The smallest absolute Gasteiger partial charge is 0.317 e. The van der Waals surface area contributed by atoms with Crippen LogP contribution in [0.3, 0.4) is 0 Å². The number of nitrogens with zero attached hydrogens (tertiary/aromatic N) is 1. The summed E-state index contributed by atoms with van der Waals surface area (Å²) >= 11 is 0. The van der Waals surface area contributed by atoms with Crippen LogP contribution >= 0.6 is 0 Å². The Kier molecular flexibility index (Phi) is 4.55. The van der Waals surface area contributed by atoms with Gasteiger partial charge in [0.1, 0.15) is 0 Å². The summed E-state index contributed by atoms with van der Waals surface area (Å²) in [4.78, 5) is 25.5. The molecule has 5 heteroatoms. The third-order valence-electron chi connectivity index (χ3n) is 3.90. The van der Waals surface area contributed by atoms with E-state index >= 15 is 0 Å². The second kappa shape index (κ2) is 6.02. The number of carbonyl (C=O) groups excluding carboxylic acids is 2. The molecule has 0 atom stereocenters. The first-order valence-electron chi connectivity index (χ1n) is 7.70. The van der Waals surface area contributed by atoms with Gasteiger partial charge in [-0.2, -0.15) is 0 Å². The third kappa shape index (κ3) is 4.69. The van der Waals surface area contributed by atoms with Crippen molar-refractivity contribution in [3.05, 3.63) is 0 Å². The van der Waals surface area contributed by atoms with Gasteiger partial charge in [-0.1, -0.05) is 0 Å². The van der Waals surface area contributed by atoms with Gasteiger partial charge in [0.15, 0.2) is 0 Å². The lowest BCUT2D eigenvalue weighted by molar-refractivity contribution is -0.122. The molecule has 0 radical (unpaired) electrons. The van der Waals surface area contributed by atoms with Crippen LogP contribution < -0.4 is 10.6 Å². The summed E-state index contributed by atoms with van der Waals surface area (Å²) in [5, 5.41) is 6.03. The number of hydrogen-bond acceptors (Lipinski definition) is 2.